The van der Waals surface area contributed by atoms with Crippen LogP contribution >= 0.6 is 0 Å². The molecule has 2 aliphatic heterocycles. The summed E-state index contributed by atoms with van der Waals surface area (Å²) in [5.41, 5.74) is 0.392. The van der Waals surface area contributed by atoms with Crippen LogP contribution < -0.4 is 4.74 Å². The highest BCUT2D eigenvalue weighted by atomic mass is 16.5. The minimum Gasteiger partial charge on any atom is -0.497 e. The largest absolute Gasteiger partial charge is 0.497 e. The summed E-state index contributed by atoms with van der Waals surface area (Å²) in [4.78, 5) is 36.4. The molecule has 0 spiro atoms. The standard InChI is InChI=1S/C24H33N5O4/c1-24(2,3)23(31)29-11-5-6-19(29)22(30)28-14-12-27(13-15-28)16-20-25-21(26-33-20)17-7-9-18(32-4)10-8-17/h7-10,19H,5-6,11-16H2,1-4H3. The van der Waals surface area contributed by atoms with E-state index in [2.05, 4.69) is 15.0 Å². The number of benzene rings is 1. The molecule has 2 aromatic rings. The van der Waals surface area contributed by atoms with Crippen LogP contribution in [-0.4, -0.2) is 82.5 Å². The van der Waals surface area contributed by atoms with Crippen molar-refractivity contribution in [2.24, 2.45) is 5.41 Å². The average Bonchev–Trinajstić information content (AvgIpc) is 3.48. The molecular formula is C24H33N5O4. The summed E-state index contributed by atoms with van der Waals surface area (Å²) in [6.45, 7) is 9.66. The predicted octanol–water partition coefficient (Wildman–Crippen LogP) is 2.43. The van der Waals surface area contributed by atoms with Gasteiger partial charge in [0.05, 0.1) is 13.7 Å². The Balaban J connectivity index is 1.30. The maximum atomic E-state index is 13.2. The summed E-state index contributed by atoms with van der Waals surface area (Å²) in [5.74, 6) is 2.01. The summed E-state index contributed by atoms with van der Waals surface area (Å²) in [7, 11) is 1.63. The number of amides is 2. The Bertz CT molecular complexity index is 973. The van der Waals surface area contributed by atoms with Gasteiger partial charge in [0.2, 0.25) is 23.5 Å². The summed E-state index contributed by atoms with van der Waals surface area (Å²) in [6, 6.07) is 7.19. The van der Waals surface area contributed by atoms with E-state index < -0.39 is 5.41 Å². The summed E-state index contributed by atoms with van der Waals surface area (Å²) < 4.78 is 10.6. The van der Waals surface area contributed by atoms with E-state index in [9.17, 15) is 9.59 Å². The lowest BCUT2D eigenvalue weighted by atomic mass is 9.94. The number of nitrogens with zero attached hydrogens (tertiary/aromatic N) is 5. The molecule has 178 valence electrons. The molecule has 1 aromatic heterocycles. The molecule has 0 radical (unpaired) electrons. The Morgan fingerprint density at radius 1 is 1.09 bits per heavy atom. The van der Waals surface area contributed by atoms with Gasteiger partial charge in [-0.3, -0.25) is 14.5 Å². The molecule has 1 atom stereocenters. The van der Waals surface area contributed by atoms with Crippen molar-refractivity contribution in [3.8, 4) is 17.1 Å². The topological polar surface area (TPSA) is 92.0 Å². The SMILES string of the molecule is COc1ccc(-c2noc(CN3CCN(C(=O)C4CCCN4C(=O)C(C)(C)C)CC3)n2)cc1. The van der Waals surface area contributed by atoms with Crippen LogP contribution in [0.4, 0.5) is 0 Å². The Morgan fingerprint density at radius 3 is 2.42 bits per heavy atom. The Morgan fingerprint density at radius 2 is 1.79 bits per heavy atom. The van der Waals surface area contributed by atoms with Crippen molar-refractivity contribution in [3.63, 3.8) is 0 Å². The second kappa shape index (κ2) is 9.51. The fourth-order valence-electron chi connectivity index (χ4n) is 4.40. The molecule has 0 bridgehead atoms. The monoisotopic (exact) mass is 455 g/mol. The molecule has 33 heavy (non-hydrogen) atoms. The van der Waals surface area contributed by atoms with Gasteiger partial charge in [-0.1, -0.05) is 25.9 Å². The van der Waals surface area contributed by atoms with Crippen LogP contribution in [0.25, 0.3) is 11.4 Å². The normalized spacial score (nSPS) is 19.7. The first-order valence-corrected chi connectivity index (χ1v) is 11.6. The minimum atomic E-state index is -0.476. The number of methoxy groups -OCH3 is 1. The van der Waals surface area contributed by atoms with Crippen molar-refractivity contribution >= 4 is 11.8 Å². The van der Waals surface area contributed by atoms with Crippen molar-refractivity contribution in [1.29, 1.82) is 0 Å². The van der Waals surface area contributed by atoms with Gasteiger partial charge >= 0.3 is 0 Å². The third kappa shape index (κ3) is 5.19. The molecule has 0 aliphatic carbocycles. The second-order valence-corrected chi connectivity index (χ2v) is 9.75. The van der Waals surface area contributed by atoms with E-state index in [1.165, 1.54) is 0 Å². The van der Waals surface area contributed by atoms with Gasteiger partial charge in [-0.25, -0.2) is 0 Å². The first-order chi connectivity index (χ1) is 15.8. The van der Waals surface area contributed by atoms with Gasteiger partial charge < -0.3 is 19.1 Å². The van der Waals surface area contributed by atoms with Gasteiger partial charge in [-0.15, -0.1) is 0 Å². The van der Waals surface area contributed by atoms with Crippen LogP contribution in [0.5, 0.6) is 5.75 Å². The first kappa shape index (κ1) is 23.2. The molecule has 1 aromatic carbocycles. The van der Waals surface area contributed by atoms with Crippen LogP contribution in [0.2, 0.25) is 0 Å². The third-order valence-corrected chi connectivity index (χ3v) is 6.30. The van der Waals surface area contributed by atoms with Gasteiger partial charge in [0.1, 0.15) is 11.8 Å². The van der Waals surface area contributed by atoms with Crippen LogP contribution in [0.1, 0.15) is 39.5 Å². The van der Waals surface area contributed by atoms with Crippen LogP contribution in [0.3, 0.4) is 0 Å². The highest BCUT2D eigenvalue weighted by Gasteiger charge is 2.40. The molecule has 1 unspecified atom stereocenters. The smallest absolute Gasteiger partial charge is 0.245 e. The minimum absolute atomic E-state index is 0.0565. The zero-order chi connectivity index (χ0) is 23.6. The maximum absolute atomic E-state index is 13.2. The number of piperazine rings is 1. The number of likely N-dealkylation sites (tertiary alicyclic amines) is 1. The van der Waals surface area contributed by atoms with Crippen molar-refractivity contribution in [2.75, 3.05) is 39.8 Å². The Hall–Kier alpha value is -2.94. The fraction of sp³-hybridized carbons (Fsp3) is 0.583. The van der Waals surface area contributed by atoms with Gasteiger partial charge in [0.25, 0.3) is 0 Å². The quantitative estimate of drug-likeness (QED) is 0.684. The van der Waals surface area contributed by atoms with Crippen LogP contribution in [-0.2, 0) is 16.1 Å². The Labute approximate surface area is 194 Å². The van der Waals surface area contributed by atoms with E-state index in [1.807, 2.05) is 49.9 Å². The number of hydrogen-bond acceptors (Lipinski definition) is 7. The van der Waals surface area contributed by atoms with Crippen molar-refractivity contribution in [1.82, 2.24) is 24.8 Å². The lowest BCUT2D eigenvalue weighted by Gasteiger charge is -2.37. The summed E-state index contributed by atoms with van der Waals surface area (Å²) in [6.07, 6.45) is 1.63. The lowest BCUT2D eigenvalue weighted by molar-refractivity contribution is -0.149. The van der Waals surface area contributed by atoms with Crippen molar-refractivity contribution in [2.45, 2.75) is 46.2 Å². The molecule has 4 rings (SSSR count). The molecule has 2 amide bonds. The molecule has 3 heterocycles. The number of aromatic nitrogens is 2. The number of carbonyl (C=O) groups excluding carboxylic acids is 2. The Kier molecular flexibility index (Phi) is 6.69. The van der Waals surface area contributed by atoms with Crippen molar-refractivity contribution in [3.05, 3.63) is 30.2 Å². The fourth-order valence-corrected chi connectivity index (χ4v) is 4.40. The second-order valence-electron chi connectivity index (χ2n) is 9.75. The molecule has 2 fully saturated rings. The highest BCUT2D eigenvalue weighted by molar-refractivity contribution is 5.90. The maximum Gasteiger partial charge on any atom is 0.245 e. The van der Waals surface area contributed by atoms with Crippen molar-refractivity contribution < 1.29 is 18.8 Å². The molecule has 2 aliphatic rings. The molecule has 9 heteroatoms. The number of ether oxygens (including phenoxy) is 1. The summed E-state index contributed by atoms with van der Waals surface area (Å²) in [5, 5.41) is 4.09. The van der Waals surface area contributed by atoms with Crippen LogP contribution in [0.15, 0.2) is 28.8 Å². The zero-order valence-corrected chi connectivity index (χ0v) is 19.9. The molecule has 0 N–H and O–H groups in total. The van der Waals surface area contributed by atoms with Gasteiger partial charge in [-0.2, -0.15) is 4.98 Å². The first-order valence-electron chi connectivity index (χ1n) is 11.6. The molecule has 9 nitrogen and oxygen atoms in total. The summed E-state index contributed by atoms with van der Waals surface area (Å²) >= 11 is 0. The molecule has 0 saturated carbocycles. The van der Waals surface area contributed by atoms with Gasteiger partial charge in [-0.05, 0) is 37.1 Å². The average molecular weight is 456 g/mol. The van der Waals surface area contributed by atoms with E-state index in [0.717, 1.165) is 37.2 Å². The van der Waals surface area contributed by atoms with Gasteiger partial charge in [0, 0.05) is 43.7 Å². The van der Waals surface area contributed by atoms with E-state index in [4.69, 9.17) is 9.26 Å². The van der Waals surface area contributed by atoms with E-state index in [-0.39, 0.29) is 17.9 Å². The number of hydrogen-bond donors (Lipinski definition) is 0. The lowest BCUT2D eigenvalue weighted by Crippen LogP contribution is -2.55. The zero-order valence-electron chi connectivity index (χ0n) is 19.9. The number of carbonyl (C=O) groups is 2. The molecular weight excluding hydrogens is 422 g/mol. The number of rotatable bonds is 5. The van der Waals surface area contributed by atoms with E-state index >= 15 is 0 Å². The van der Waals surface area contributed by atoms with E-state index in [0.29, 0.717) is 37.9 Å². The van der Waals surface area contributed by atoms with Gasteiger partial charge in [0.15, 0.2) is 0 Å². The van der Waals surface area contributed by atoms with Crippen LogP contribution in [0, 0.1) is 5.41 Å². The highest BCUT2D eigenvalue weighted by Crippen LogP contribution is 2.27. The third-order valence-electron chi connectivity index (χ3n) is 6.30. The predicted molar refractivity (Wildman–Crippen MR) is 122 cm³/mol. The molecule has 2 saturated heterocycles. The van der Waals surface area contributed by atoms with E-state index in [1.54, 1.807) is 12.0 Å².